The van der Waals surface area contributed by atoms with Gasteiger partial charge in [0, 0.05) is 24.3 Å². The number of hydrogen-bond donors (Lipinski definition) is 2. The summed E-state index contributed by atoms with van der Waals surface area (Å²) >= 11 is 1.72. The molecule has 0 aliphatic heterocycles. The smallest absolute Gasteiger partial charge is 0.101 e. The molecule has 2 aromatic rings. The van der Waals surface area contributed by atoms with Gasteiger partial charge in [0.25, 0.3) is 0 Å². The molecule has 1 atom stereocenters. The molecule has 0 bridgehead atoms. The molecule has 1 aromatic heterocycles. The van der Waals surface area contributed by atoms with E-state index in [1.807, 2.05) is 32.2 Å². The van der Waals surface area contributed by atoms with Gasteiger partial charge in [-0.25, -0.2) is 4.98 Å². The normalized spacial score (nSPS) is 12.8. The third kappa shape index (κ3) is 3.69. The number of nitrogens with one attached hydrogen (secondary N) is 1. The molecule has 2 N–H and O–H groups in total. The summed E-state index contributed by atoms with van der Waals surface area (Å²) in [5.41, 5.74) is 2.25. The Hall–Kier alpha value is -1.10. The summed E-state index contributed by atoms with van der Waals surface area (Å²) in [7, 11) is 1.94. The van der Waals surface area contributed by atoms with Crippen molar-refractivity contribution in [1.82, 2.24) is 10.3 Å². The fourth-order valence-electron chi connectivity index (χ4n) is 1.86. The quantitative estimate of drug-likeness (QED) is 0.796. The number of pyridine rings is 1. The topological polar surface area (TPSA) is 45.2 Å². The zero-order valence-corrected chi connectivity index (χ0v) is 12.2. The summed E-state index contributed by atoms with van der Waals surface area (Å²) in [6.45, 7) is 3.08. The number of nitrogens with zero attached hydrogens (tertiary/aromatic N) is 1. The number of para-hydroxylation sites is 1. The Bertz CT molecular complexity index is 545. The SMILES string of the molecule is CNCc1cc2ccccc2nc1SCC(C)CO. The maximum atomic E-state index is 9.11. The molecule has 1 heterocycles. The number of benzene rings is 1. The van der Waals surface area contributed by atoms with Crippen LogP contribution in [0, 0.1) is 5.92 Å². The highest BCUT2D eigenvalue weighted by molar-refractivity contribution is 7.99. The minimum atomic E-state index is 0.224. The first-order valence-corrected chi connectivity index (χ1v) is 7.50. The molecule has 102 valence electrons. The molecule has 0 saturated carbocycles. The van der Waals surface area contributed by atoms with Gasteiger partial charge in [-0.2, -0.15) is 0 Å². The maximum absolute atomic E-state index is 9.11. The Morgan fingerprint density at radius 1 is 1.37 bits per heavy atom. The second-order valence-electron chi connectivity index (χ2n) is 4.77. The fraction of sp³-hybridized carbons (Fsp3) is 0.400. The van der Waals surface area contributed by atoms with E-state index < -0.39 is 0 Å². The maximum Gasteiger partial charge on any atom is 0.101 e. The molecule has 1 aromatic carbocycles. The van der Waals surface area contributed by atoms with Crippen LogP contribution in [-0.2, 0) is 6.54 Å². The van der Waals surface area contributed by atoms with E-state index in [-0.39, 0.29) is 6.61 Å². The van der Waals surface area contributed by atoms with Crippen molar-refractivity contribution in [2.75, 3.05) is 19.4 Å². The molecule has 2 rings (SSSR count). The van der Waals surface area contributed by atoms with Crippen LogP contribution in [0.15, 0.2) is 35.4 Å². The molecule has 3 nitrogen and oxygen atoms in total. The van der Waals surface area contributed by atoms with E-state index in [0.29, 0.717) is 5.92 Å². The van der Waals surface area contributed by atoms with Crippen LogP contribution in [0.2, 0.25) is 0 Å². The lowest BCUT2D eigenvalue weighted by Crippen LogP contribution is -2.09. The standard InChI is InChI=1S/C15H20N2OS/c1-11(9-18)10-19-15-13(8-16-2)7-12-5-3-4-6-14(12)17-15/h3-7,11,16,18H,8-10H2,1-2H3. The van der Waals surface area contributed by atoms with Crippen molar-refractivity contribution >= 4 is 22.7 Å². The third-order valence-electron chi connectivity index (χ3n) is 2.95. The number of fused-ring (bicyclic) bond motifs is 1. The van der Waals surface area contributed by atoms with Crippen molar-refractivity contribution in [2.24, 2.45) is 5.92 Å². The summed E-state index contributed by atoms with van der Waals surface area (Å²) in [6, 6.07) is 10.4. The second kappa shape index (κ2) is 6.89. The largest absolute Gasteiger partial charge is 0.396 e. The predicted molar refractivity (Wildman–Crippen MR) is 81.5 cm³/mol. The number of aliphatic hydroxyl groups excluding tert-OH is 1. The van der Waals surface area contributed by atoms with E-state index >= 15 is 0 Å². The molecule has 0 radical (unpaired) electrons. The molecule has 0 aliphatic carbocycles. The molecule has 19 heavy (non-hydrogen) atoms. The Balaban J connectivity index is 2.30. The Kier molecular flexibility index (Phi) is 5.19. The molecular formula is C15H20N2OS. The van der Waals surface area contributed by atoms with Crippen LogP contribution in [0.3, 0.4) is 0 Å². The van der Waals surface area contributed by atoms with Crippen molar-refractivity contribution in [3.8, 4) is 0 Å². The minimum Gasteiger partial charge on any atom is -0.396 e. The van der Waals surface area contributed by atoms with Gasteiger partial charge in [0.1, 0.15) is 5.03 Å². The van der Waals surface area contributed by atoms with E-state index in [1.54, 1.807) is 11.8 Å². The number of aliphatic hydroxyl groups is 1. The van der Waals surface area contributed by atoms with Crippen molar-refractivity contribution in [3.63, 3.8) is 0 Å². The van der Waals surface area contributed by atoms with Gasteiger partial charge in [-0.05, 0) is 30.7 Å². The van der Waals surface area contributed by atoms with Crippen molar-refractivity contribution in [2.45, 2.75) is 18.5 Å². The van der Waals surface area contributed by atoms with Gasteiger partial charge in [-0.15, -0.1) is 11.8 Å². The highest BCUT2D eigenvalue weighted by Crippen LogP contribution is 2.26. The molecule has 0 fully saturated rings. The van der Waals surface area contributed by atoms with Crippen molar-refractivity contribution < 1.29 is 5.11 Å². The van der Waals surface area contributed by atoms with Gasteiger partial charge in [0.15, 0.2) is 0 Å². The van der Waals surface area contributed by atoms with Gasteiger partial charge < -0.3 is 10.4 Å². The highest BCUT2D eigenvalue weighted by atomic mass is 32.2. The Labute approximate surface area is 118 Å². The van der Waals surface area contributed by atoms with Crippen LogP contribution < -0.4 is 5.32 Å². The molecule has 4 heteroatoms. The molecule has 0 saturated heterocycles. The summed E-state index contributed by atoms with van der Waals surface area (Å²) in [4.78, 5) is 4.74. The summed E-state index contributed by atoms with van der Waals surface area (Å²) in [6.07, 6.45) is 0. The van der Waals surface area contributed by atoms with Gasteiger partial charge >= 0.3 is 0 Å². The van der Waals surface area contributed by atoms with Crippen LogP contribution in [0.5, 0.6) is 0 Å². The Morgan fingerprint density at radius 3 is 2.89 bits per heavy atom. The number of hydrogen-bond acceptors (Lipinski definition) is 4. The van der Waals surface area contributed by atoms with Gasteiger partial charge in [0.2, 0.25) is 0 Å². The molecule has 0 spiro atoms. The zero-order chi connectivity index (χ0) is 13.7. The van der Waals surface area contributed by atoms with Gasteiger partial charge in [-0.3, -0.25) is 0 Å². The monoisotopic (exact) mass is 276 g/mol. The van der Waals surface area contributed by atoms with E-state index in [2.05, 4.69) is 17.4 Å². The first-order valence-electron chi connectivity index (χ1n) is 6.51. The van der Waals surface area contributed by atoms with E-state index in [9.17, 15) is 0 Å². The lowest BCUT2D eigenvalue weighted by atomic mass is 10.1. The van der Waals surface area contributed by atoms with Crippen LogP contribution >= 0.6 is 11.8 Å². The lowest BCUT2D eigenvalue weighted by Gasteiger charge is -2.12. The summed E-state index contributed by atoms with van der Waals surface area (Å²) in [5.74, 6) is 1.18. The van der Waals surface area contributed by atoms with Crippen LogP contribution in [0.25, 0.3) is 10.9 Å². The van der Waals surface area contributed by atoms with Crippen LogP contribution in [0.1, 0.15) is 12.5 Å². The van der Waals surface area contributed by atoms with Crippen molar-refractivity contribution in [1.29, 1.82) is 0 Å². The Morgan fingerprint density at radius 2 is 2.16 bits per heavy atom. The first kappa shape index (κ1) is 14.3. The fourth-order valence-corrected chi connectivity index (χ4v) is 2.89. The van der Waals surface area contributed by atoms with E-state index in [1.165, 1.54) is 10.9 Å². The average Bonchev–Trinajstić information content (AvgIpc) is 2.45. The van der Waals surface area contributed by atoms with Crippen molar-refractivity contribution in [3.05, 3.63) is 35.9 Å². The van der Waals surface area contributed by atoms with Crippen LogP contribution in [0.4, 0.5) is 0 Å². The van der Waals surface area contributed by atoms with Gasteiger partial charge in [0.05, 0.1) is 5.52 Å². The minimum absolute atomic E-state index is 0.224. The van der Waals surface area contributed by atoms with E-state index in [4.69, 9.17) is 10.1 Å². The molecular weight excluding hydrogens is 256 g/mol. The molecule has 0 amide bonds. The first-order chi connectivity index (χ1) is 9.24. The summed E-state index contributed by atoms with van der Waals surface area (Å²) < 4.78 is 0. The summed E-state index contributed by atoms with van der Waals surface area (Å²) in [5, 5.41) is 14.5. The second-order valence-corrected chi connectivity index (χ2v) is 5.78. The predicted octanol–water partition coefficient (Wildman–Crippen LogP) is 2.67. The zero-order valence-electron chi connectivity index (χ0n) is 11.4. The third-order valence-corrected chi connectivity index (χ3v) is 4.31. The number of aromatic nitrogens is 1. The average molecular weight is 276 g/mol. The number of rotatable bonds is 6. The molecule has 0 aliphatic rings. The van der Waals surface area contributed by atoms with Gasteiger partial charge in [-0.1, -0.05) is 25.1 Å². The van der Waals surface area contributed by atoms with E-state index in [0.717, 1.165) is 22.8 Å². The lowest BCUT2D eigenvalue weighted by molar-refractivity contribution is 0.250. The number of thioether (sulfide) groups is 1. The van der Waals surface area contributed by atoms with Crippen LogP contribution in [-0.4, -0.2) is 29.5 Å². The highest BCUT2D eigenvalue weighted by Gasteiger charge is 2.09. The molecule has 1 unspecified atom stereocenters.